The van der Waals surface area contributed by atoms with Crippen LogP contribution >= 0.6 is 11.3 Å². The number of rotatable bonds is 4. The predicted octanol–water partition coefficient (Wildman–Crippen LogP) is 0.720. The summed E-state index contributed by atoms with van der Waals surface area (Å²) in [5, 5.41) is 9.32. The van der Waals surface area contributed by atoms with Crippen molar-refractivity contribution in [3.8, 4) is 0 Å². The fourth-order valence-corrected chi connectivity index (χ4v) is 2.44. The average molecular weight is 297 g/mol. The predicted molar refractivity (Wildman–Crippen MR) is 71.1 cm³/mol. The quantitative estimate of drug-likeness (QED) is 0.868. The molecule has 0 unspecified atom stereocenters. The molecule has 19 heavy (non-hydrogen) atoms. The van der Waals surface area contributed by atoms with Gasteiger partial charge in [-0.1, -0.05) is 12.1 Å². The van der Waals surface area contributed by atoms with Gasteiger partial charge in [-0.3, -0.25) is 4.79 Å². The van der Waals surface area contributed by atoms with Crippen LogP contribution in [0.3, 0.4) is 0 Å². The minimum atomic E-state index is -3.68. The molecule has 0 saturated carbocycles. The molecule has 6 nitrogen and oxygen atoms in total. The first kappa shape index (κ1) is 13.7. The van der Waals surface area contributed by atoms with Crippen LogP contribution in [0.2, 0.25) is 0 Å². The molecule has 0 aliphatic heterocycles. The Morgan fingerprint density at radius 3 is 2.53 bits per heavy atom. The fraction of sp³-hybridized carbons (Fsp3) is 0.0909. The van der Waals surface area contributed by atoms with Crippen LogP contribution in [0.1, 0.15) is 16.1 Å². The summed E-state index contributed by atoms with van der Waals surface area (Å²) < 4.78 is 22.1. The monoisotopic (exact) mass is 297 g/mol. The first-order valence-electron chi connectivity index (χ1n) is 5.25. The summed E-state index contributed by atoms with van der Waals surface area (Å²) in [6.07, 6.45) is 0. The molecular formula is C11H11N3O3S2. The third-order valence-electron chi connectivity index (χ3n) is 2.37. The molecule has 1 amide bonds. The maximum absolute atomic E-state index is 11.6. The molecular weight excluding hydrogens is 286 g/mol. The second-order valence-corrected chi connectivity index (χ2v) is 6.03. The van der Waals surface area contributed by atoms with E-state index in [1.165, 1.54) is 23.5 Å². The SMILES string of the molecule is NS(=O)(=O)c1ccc(CNC(=O)c2cscn2)cc1. The van der Waals surface area contributed by atoms with Gasteiger partial charge < -0.3 is 5.32 Å². The number of benzene rings is 1. The van der Waals surface area contributed by atoms with Crippen molar-refractivity contribution in [2.75, 3.05) is 0 Å². The Morgan fingerprint density at radius 1 is 1.32 bits per heavy atom. The number of carbonyl (C=O) groups is 1. The van der Waals surface area contributed by atoms with Crippen molar-refractivity contribution < 1.29 is 13.2 Å². The lowest BCUT2D eigenvalue weighted by molar-refractivity contribution is 0.0946. The van der Waals surface area contributed by atoms with Crippen molar-refractivity contribution in [2.45, 2.75) is 11.4 Å². The largest absolute Gasteiger partial charge is 0.347 e. The summed E-state index contributed by atoms with van der Waals surface area (Å²) in [6, 6.07) is 6.00. The lowest BCUT2D eigenvalue weighted by Gasteiger charge is -2.04. The molecule has 0 aliphatic carbocycles. The summed E-state index contributed by atoms with van der Waals surface area (Å²) in [5.41, 5.74) is 2.72. The van der Waals surface area contributed by atoms with Gasteiger partial charge in [-0.25, -0.2) is 18.5 Å². The minimum absolute atomic E-state index is 0.0436. The van der Waals surface area contributed by atoms with E-state index in [0.717, 1.165) is 5.56 Å². The number of nitrogens with zero attached hydrogens (tertiary/aromatic N) is 1. The van der Waals surface area contributed by atoms with Crippen LogP contribution < -0.4 is 10.5 Å². The van der Waals surface area contributed by atoms with Crippen molar-refractivity contribution in [3.05, 3.63) is 46.4 Å². The molecule has 2 aromatic rings. The number of amides is 1. The van der Waals surface area contributed by atoms with Crippen molar-refractivity contribution in [1.29, 1.82) is 0 Å². The smallest absolute Gasteiger partial charge is 0.271 e. The van der Waals surface area contributed by atoms with E-state index < -0.39 is 10.0 Å². The standard InChI is InChI=1S/C11H11N3O3S2/c12-19(16,17)9-3-1-8(2-4-9)5-13-11(15)10-6-18-7-14-10/h1-4,6-7H,5H2,(H,13,15)(H2,12,16,17). The number of aromatic nitrogens is 1. The highest BCUT2D eigenvalue weighted by atomic mass is 32.2. The summed E-state index contributed by atoms with van der Waals surface area (Å²) in [4.78, 5) is 15.6. The molecule has 0 fully saturated rings. The highest BCUT2D eigenvalue weighted by Gasteiger charge is 2.09. The molecule has 0 spiro atoms. The van der Waals surface area contributed by atoms with Gasteiger partial charge in [0, 0.05) is 11.9 Å². The Morgan fingerprint density at radius 2 is 2.00 bits per heavy atom. The molecule has 0 aliphatic rings. The molecule has 100 valence electrons. The zero-order valence-electron chi connectivity index (χ0n) is 9.74. The van der Waals surface area contributed by atoms with E-state index in [2.05, 4.69) is 10.3 Å². The molecule has 3 N–H and O–H groups in total. The van der Waals surface area contributed by atoms with E-state index in [9.17, 15) is 13.2 Å². The van der Waals surface area contributed by atoms with Crippen LogP contribution in [-0.2, 0) is 16.6 Å². The van der Waals surface area contributed by atoms with Gasteiger partial charge in [0.1, 0.15) is 5.69 Å². The number of nitrogens with two attached hydrogens (primary N) is 1. The van der Waals surface area contributed by atoms with Crippen LogP contribution in [0.15, 0.2) is 40.1 Å². The Kier molecular flexibility index (Phi) is 3.93. The molecule has 1 aromatic carbocycles. The molecule has 0 saturated heterocycles. The number of nitrogens with one attached hydrogen (secondary N) is 1. The van der Waals surface area contributed by atoms with Crippen molar-refractivity contribution >= 4 is 27.3 Å². The minimum Gasteiger partial charge on any atom is -0.347 e. The summed E-state index contributed by atoms with van der Waals surface area (Å²) >= 11 is 1.34. The zero-order chi connectivity index (χ0) is 13.9. The van der Waals surface area contributed by atoms with Crippen molar-refractivity contribution in [1.82, 2.24) is 10.3 Å². The van der Waals surface area contributed by atoms with E-state index in [1.807, 2.05) is 0 Å². The fourth-order valence-electron chi connectivity index (χ4n) is 1.39. The van der Waals surface area contributed by atoms with Crippen LogP contribution in [-0.4, -0.2) is 19.3 Å². The zero-order valence-corrected chi connectivity index (χ0v) is 11.4. The molecule has 0 radical (unpaired) electrons. The molecule has 2 rings (SSSR count). The van der Waals surface area contributed by atoms with E-state index in [1.54, 1.807) is 23.0 Å². The van der Waals surface area contributed by atoms with Gasteiger partial charge in [0.15, 0.2) is 0 Å². The third kappa shape index (κ3) is 3.60. The summed E-state index contributed by atoms with van der Waals surface area (Å²) in [6.45, 7) is 0.293. The van der Waals surface area contributed by atoms with Gasteiger partial charge in [0.2, 0.25) is 10.0 Å². The average Bonchev–Trinajstić information content (AvgIpc) is 2.89. The lowest BCUT2D eigenvalue weighted by atomic mass is 10.2. The van der Waals surface area contributed by atoms with Gasteiger partial charge in [0.05, 0.1) is 10.4 Å². The molecule has 0 bridgehead atoms. The van der Waals surface area contributed by atoms with E-state index in [0.29, 0.717) is 12.2 Å². The van der Waals surface area contributed by atoms with E-state index in [4.69, 9.17) is 5.14 Å². The van der Waals surface area contributed by atoms with E-state index >= 15 is 0 Å². The van der Waals surface area contributed by atoms with Gasteiger partial charge in [-0.05, 0) is 17.7 Å². The Hall–Kier alpha value is -1.77. The molecule has 1 heterocycles. The number of hydrogen-bond acceptors (Lipinski definition) is 5. The molecule has 0 atom stereocenters. The number of sulfonamides is 1. The van der Waals surface area contributed by atoms with Gasteiger partial charge >= 0.3 is 0 Å². The van der Waals surface area contributed by atoms with Crippen molar-refractivity contribution in [2.24, 2.45) is 5.14 Å². The van der Waals surface area contributed by atoms with Crippen molar-refractivity contribution in [3.63, 3.8) is 0 Å². The Labute approximate surface area is 114 Å². The molecule has 1 aromatic heterocycles. The number of carbonyl (C=O) groups excluding carboxylic acids is 1. The van der Waals surface area contributed by atoms with Crippen LogP contribution in [0.5, 0.6) is 0 Å². The maximum Gasteiger partial charge on any atom is 0.271 e. The van der Waals surface area contributed by atoms with Crippen LogP contribution in [0, 0.1) is 0 Å². The van der Waals surface area contributed by atoms with Gasteiger partial charge in [-0.2, -0.15) is 0 Å². The van der Waals surface area contributed by atoms with E-state index in [-0.39, 0.29) is 10.8 Å². The maximum atomic E-state index is 11.6. The second-order valence-electron chi connectivity index (χ2n) is 3.75. The molecule has 8 heteroatoms. The third-order valence-corrected chi connectivity index (χ3v) is 3.89. The van der Waals surface area contributed by atoms with Gasteiger partial charge in [-0.15, -0.1) is 11.3 Å². The number of thiazole rings is 1. The number of primary sulfonamides is 1. The van der Waals surface area contributed by atoms with Crippen LogP contribution in [0.4, 0.5) is 0 Å². The topological polar surface area (TPSA) is 102 Å². The van der Waals surface area contributed by atoms with Gasteiger partial charge in [0.25, 0.3) is 5.91 Å². The van der Waals surface area contributed by atoms with Crippen LogP contribution in [0.25, 0.3) is 0 Å². The highest BCUT2D eigenvalue weighted by Crippen LogP contribution is 2.09. The lowest BCUT2D eigenvalue weighted by Crippen LogP contribution is -2.23. The normalized spacial score (nSPS) is 11.2. The first-order chi connectivity index (χ1) is 8.97. The summed E-state index contributed by atoms with van der Waals surface area (Å²) in [7, 11) is -3.68. The Bertz CT molecular complexity index is 664. The summed E-state index contributed by atoms with van der Waals surface area (Å²) in [5.74, 6) is -0.267. The number of hydrogen-bond donors (Lipinski definition) is 2. The first-order valence-corrected chi connectivity index (χ1v) is 7.74. The Balaban J connectivity index is 1.99. The second kappa shape index (κ2) is 5.47. The highest BCUT2D eigenvalue weighted by molar-refractivity contribution is 7.89.